The lowest BCUT2D eigenvalue weighted by atomic mass is 10.1. The van der Waals surface area contributed by atoms with E-state index in [2.05, 4.69) is 0 Å². The van der Waals surface area contributed by atoms with E-state index in [9.17, 15) is 14.9 Å². The lowest BCUT2D eigenvalue weighted by Crippen LogP contribution is -1.96. The van der Waals surface area contributed by atoms with Gasteiger partial charge in [-0.2, -0.15) is 0 Å². The van der Waals surface area contributed by atoms with Gasteiger partial charge in [-0.05, 0) is 31.2 Å². The second-order valence-corrected chi connectivity index (χ2v) is 4.50. The first-order valence-electron chi connectivity index (χ1n) is 5.69. The molecule has 5 nitrogen and oxygen atoms in total. The number of aldehydes is 1. The van der Waals surface area contributed by atoms with Crippen molar-refractivity contribution in [1.82, 2.24) is 0 Å². The van der Waals surface area contributed by atoms with Crippen LogP contribution in [0.4, 0.5) is 5.69 Å². The highest BCUT2D eigenvalue weighted by molar-refractivity contribution is 6.30. The number of nitro benzene ring substituents is 1. The first kappa shape index (κ1) is 14.0. The minimum Gasteiger partial charge on any atom is -0.456 e. The average molecular weight is 292 g/mol. The molecule has 0 radical (unpaired) electrons. The number of hydrogen-bond acceptors (Lipinski definition) is 4. The van der Waals surface area contributed by atoms with E-state index >= 15 is 0 Å². The van der Waals surface area contributed by atoms with Gasteiger partial charge in [0.05, 0.1) is 16.1 Å². The number of halogens is 1. The van der Waals surface area contributed by atoms with Gasteiger partial charge in [0.25, 0.3) is 5.69 Å². The summed E-state index contributed by atoms with van der Waals surface area (Å²) in [4.78, 5) is 21.4. The zero-order valence-corrected chi connectivity index (χ0v) is 11.3. The molecule has 0 saturated carbocycles. The van der Waals surface area contributed by atoms with Crippen molar-refractivity contribution >= 4 is 23.6 Å². The molecule has 0 aliphatic heterocycles. The normalized spacial score (nSPS) is 10.1. The Kier molecular flexibility index (Phi) is 4.00. The number of ether oxygens (including phenoxy) is 1. The standard InChI is InChI=1S/C14H10ClNO4/c1-9-12(16(18)19)3-2-4-13(9)20-14-6-5-11(15)7-10(14)8-17/h2-8H,1H3. The van der Waals surface area contributed by atoms with Gasteiger partial charge >= 0.3 is 0 Å². The van der Waals surface area contributed by atoms with Crippen LogP contribution in [0.3, 0.4) is 0 Å². The van der Waals surface area contributed by atoms with E-state index in [-0.39, 0.29) is 11.3 Å². The third-order valence-corrected chi connectivity index (χ3v) is 3.01. The van der Waals surface area contributed by atoms with Gasteiger partial charge in [-0.3, -0.25) is 14.9 Å². The third kappa shape index (κ3) is 2.78. The molecule has 0 fully saturated rings. The number of nitro groups is 1. The second kappa shape index (κ2) is 5.71. The van der Waals surface area contributed by atoms with Crippen LogP contribution in [0.2, 0.25) is 5.02 Å². The molecule has 20 heavy (non-hydrogen) atoms. The molecule has 0 aliphatic rings. The lowest BCUT2D eigenvalue weighted by Gasteiger charge is -2.10. The van der Waals surface area contributed by atoms with Crippen LogP contribution < -0.4 is 4.74 Å². The zero-order valence-electron chi connectivity index (χ0n) is 10.5. The quantitative estimate of drug-likeness (QED) is 0.482. The minimum atomic E-state index is -0.481. The van der Waals surface area contributed by atoms with Crippen LogP contribution in [-0.4, -0.2) is 11.2 Å². The van der Waals surface area contributed by atoms with Gasteiger partial charge < -0.3 is 4.74 Å². The molecule has 0 unspecified atom stereocenters. The van der Waals surface area contributed by atoms with Gasteiger partial charge in [0.15, 0.2) is 6.29 Å². The van der Waals surface area contributed by atoms with Crippen molar-refractivity contribution < 1.29 is 14.5 Å². The molecule has 2 aromatic carbocycles. The van der Waals surface area contributed by atoms with Gasteiger partial charge in [0, 0.05) is 11.1 Å². The fourth-order valence-corrected chi connectivity index (χ4v) is 1.91. The molecule has 102 valence electrons. The van der Waals surface area contributed by atoms with Crippen molar-refractivity contribution in [2.24, 2.45) is 0 Å². The number of rotatable bonds is 4. The van der Waals surface area contributed by atoms with E-state index in [0.29, 0.717) is 28.4 Å². The molecule has 0 aliphatic carbocycles. The Hall–Kier alpha value is -2.40. The summed E-state index contributed by atoms with van der Waals surface area (Å²) in [7, 11) is 0. The lowest BCUT2D eigenvalue weighted by molar-refractivity contribution is -0.385. The predicted molar refractivity (Wildman–Crippen MR) is 74.7 cm³/mol. The number of carbonyl (C=O) groups excluding carboxylic acids is 1. The van der Waals surface area contributed by atoms with Crippen molar-refractivity contribution in [2.75, 3.05) is 0 Å². The maximum atomic E-state index is 11.0. The van der Waals surface area contributed by atoms with Gasteiger partial charge in [0.1, 0.15) is 11.5 Å². The van der Waals surface area contributed by atoms with E-state index < -0.39 is 4.92 Å². The van der Waals surface area contributed by atoms with Crippen molar-refractivity contribution in [3.8, 4) is 11.5 Å². The first-order chi connectivity index (χ1) is 9.52. The molecule has 0 saturated heterocycles. The highest BCUT2D eigenvalue weighted by Gasteiger charge is 2.15. The Morgan fingerprint density at radius 3 is 2.65 bits per heavy atom. The third-order valence-electron chi connectivity index (χ3n) is 2.77. The molecule has 0 spiro atoms. The van der Waals surface area contributed by atoms with Crippen LogP contribution in [0.1, 0.15) is 15.9 Å². The number of nitrogens with zero attached hydrogens (tertiary/aromatic N) is 1. The fraction of sp³-hybridized carbons (Fsp3) is 0.0714. The molecule has 2 rings (SSSR count). The average Bonchev–Trinajstić information content (AvgIpc) is 2.42. The molecule has 0 atom stereocenters. The van der Waals surface area contributed by atoms with E-state index in [0.717, 1.165) is 0 Å². The van der Waals surface area contributed by atoms with Crippen LogP contribution >= 0.6 is 11.6 Å². The molecule has 2 aromatic rings. The van der Waals surface area contributed by atoms with Crippen LogP contribution in [0.25, 0.3) is 0 Å². The summed E-state index contributed by atoms with van der Waals surface area (Å²) in [6, 6.07) is 9.12. The van der Waals surface area contributed by atoms with Crippen molar-refractivity contribution in [2.45, 2.75) is 6.92 Å². The predicted octanol–water partition coefficient (Wildman–Crippen LogP) is 4.16. The van der Waals surface area contributed by atoms with E-state index in [1.54, 1.807) is 25.1 Å². The number of hydrogen-bond donors (Lipinski definition) is 0. The van der Waals surface area contributed by atoms with E-state index in [1.165, 1.54) is 18.2 Å². The monoisotopic (exact) mass is 291 g/mol. The maximum Gasteiger partial charge on any atom is 0.276 e. The molecular weight excluding hydrogens is 282 g/mol. The molecule has 0 N–H and O–H groups in total. The summed E-state index contributed by atoms with van der Waals surface area (Å²) in [6.45, 7) is 1.59. The van der Waals surface area contributed by atoms with Gasteiger partial charge in [0.2, 0.25) is 0 Å². The Morgan fingerprint density at radius 1 is 1.25 bits per heavy atom. The van der Waals surface area contributed by atoms with Crippen LogP contribution in [0.5, 0.6) is 11.5 Å². The zero-order chi connectivity index (χ0) is 14.7. The van der Waals surface area contributed by atoms with Gasteiger partial charge in [-0.25, -0.2) is 0 Å². The first-order valence-corrected chi connectivity index (χ1v) is 6.07. The summed E-state index contributed by atoms with van der Waals surface area (Å²) in [5.41, 5.74) is 0.636. The van der Waals surface area contributed by atoms with Crippen molar-refractivity contribution in [3.63, 3.8) is 0 Å². The maximum absolute atomic E-state index is 11.0. The second-order valence-electron chi connectivity index (χ2n) is 4.06. The van der Waals surface area contributed by atoms with Crippen LogP contribution in [0, 0.1) is 17.0 Å². The van der Waals surface area contributed by atoms with Gasteiger partial charge in [-0.1, -0.05) is 17.7 Å². The smallest absolute Gasteiger partial charge is 0.276 e. The van der Waals surface area contributed by atoms with Crippen LogP contribution in [0.15, 0.2) is 36.4 Å². The molecule has 0 heterocycles. The summed E-state index contributed by atoms with van der Waals surface area (Å²) in [5, 5.41) is 11.3. The topological polar surface area (TPSA) is 69.4 Å². The highest BCUT2D eigenvalue weighted by Crippen LogP contribution is 2.32. The molecule has 6 heteroatoms. The molecule has 0 bridgehead atoms. The van der Waals surface area contributed by atoms with E-state index in [1.807, 2.05) is 0 Å². The van der Waals surface area contributed by atoms with Gasteiger partial charge in [-0.15, -0.1) is 0 Å². The minimum absolute atomic E-state index is 0.0379. The fourth-order valence-electron chi connectivity index (χ4n) is 1.73. The van der Waals surface area contributed by atoms with Crippen molar-refractivity contribution in [1.29, 1.82) is 0 Å². The molecule has 0 aromatic heterocycles. The largest absolute Gasteiger partial charge is 0.456 e. The molecule has 0 amide bonds. The Morgan fingerprint density at radius 2 is 2.00 bits per heavy atom. The summed E-state index contributed by atoms with van der Waals surface area (Å²) >= 11 is 5.79. The summed E-state index contributed by atoms with van der Waals surface area (Å²) in [6.07, 6.45) is 0.619. The van der Waals surface area contributed by atoms with Crippen LogP contribution in [-0.2, 0) is 0 Å². The highest BCUT2D eigenvalue weighted by atomic mass is 35.5. The van der Waals surface area contributed by atoms with Crippen molar-refractivity contribution in [3.05, 3.63) is 62.7 Å². The number of carbonyl (C=O) groups is 1. The summed E-state index contributed by atoms with van der Waals surface area (Å²) in [5.74, 6) is 0.623. The summed E-state index contributed by atoms with van der Waals surface area (Å²) < 4.78 is 5.58. The Labute approximate surface area is 119 Å². The van der Waals surface area contributed by atoms with E-state index in [4.69, 9.17) is 16.3 Å². The SMILES string of the molecule is Cc1c(Oc2ccc(Cl)cc2C=O)cccc1[N+](=O)[O-]. The molecular formula is C14H10ClNO4. The Bertz CT molecular complexity index is 685. The Balaban J connectivity index is 2.43. The number of benzene rings is 2.